The fourth-order valence-electron chi connectivity index (χ4n) is 3.26. The average Bonchev–Trinajstić information content (AvgIpc) is 2.63. The van der Waals surface area contributed by atoms with Gasteiger partial charge in [-0.3, -0.25) is 0 Å². The van der Waals surface area contributed by atoms with Gasteiger partial charge in [0.25, 0.3) is 0 Å². The lowest BCUT2D eigenvalue weighted by molar-refractivity contribution is 0.438. The largest absolute Gasteiger partial charge is 0.372 e. The lowest BCUT2D eigenvalue weighted by Gasteiger charge is -2.32. The van der Waals surface area contributed by atoms with Crippen molar-refractivity contribution in [2.24, 2.45) is 5.92 Å². The number of nitrogens with one attached hydrogen (secondary N) is 1. The van der Waals surface area contributed by atoms with Crippen LogP contribution in [0.1, 0.15) is 19.8 Å². The Morgan fingerprint density at radius 2 is 1.68 bits per heavy atom. The molecule has 0 spiro atoms. The molecule has 25 heavy (non-hydrogen) atoms. The highest BCUT2D eigenvalue weighted by Gasteiger charge is 2.15. The second-order valence-corrected chi connectivity index (χ2v) is 6.58. The van der Waals surface area contributed by atoms with Gasteiger partial charge < -0.3 is 10.2 Å². The third-order valence-corrected chi connectivity index (χ3v) is 4.82. The molecule has 1 aliphatic heterocycles. The number of anilines is 3. The van der Waals surface area contributed by atoms with Crippen molar-refractivity contribution < 1.29 is 0 Å². The molecule has 0 aliphatic carbocycles. The van der Waals surface area contributed by atoms with Crippen LogP contribution in [-0.4, -0.2) is 23.1 Å². The second kappa shape index (κ2) is 7.70. The van der Waals surface area contributed by atoms with Crippen LogP contribution >= 0.6 is 12.4 Å². The van der Waals surface area contributed by atoms with Gasteiger partial charge in [-0.2, -0.15) is 0 Å². The summed E-state index contributed by atoms with van der Waals surface area (Å²) < 4.78 is 0. The molecule has 130 valence electrons. The summed E-state index contributed by atoms with van der Waals surface area (Å²) in [5.41, 5.74) is 3.31. The Morgan fingerprint density at radius 3 is 2.44 bits per heavy atom. The maximum atomic E-state index is 4.39. The first-order valence-electron chi connectivity index (χ1n) is 8.61. The Balaban J connectivity index is 0.00000182. The molecule has 0 bridgehead atoms. The maximum absolute atomic E-state index is 4.39. The number of hydrogen-bond donors (Lipinski definition) is 1. The summed E-state index contributed by atoms with van der Waals surface area (Å²) in [5, 5.41) is 4.45. The fourth-order valence-corrected chi connectivity index (χ4v) is 3.26. The summed E-state index contributed by atoms with van der Waals surface area (Å²) in [6, 6.07) is 16.7. The standard InChI is InChI=1S/C20H22N4.ClH/c1-15-10-12-24(13-11-15)17-8-6-16(7-9-17)23-20-18-4-2-3-5-19(18)21-14-22-20;/h2-9,14-15H,10-13H2,1H3,(H,21,22,23);1H. The van der Waals surface area contributed by atoms with E-state index in [0.29, 0.717) is 0 Å². The van der Waals surface area contributed by atoms with E-state index in [1.54, 1.807) is 6.33 Å². The summed E-state index contributed by atoms with van der Waals surface area (Å²) >= 11 is 0. The highest BCUT2D eigenvalue weighted by Crippen LogP contribution is 2.26. The lowest BCUT2D eigenvalue weighted by Crippen LogP contribution is -2.32. The van der Waals surface area contributed by atoms with E-state index in [0.717, 1.165) is 41.4 Å². The zero-order chi connectivity index (χ0) is 16.4. The number of benzene rings is 2. The predicted molar refractivity (Wildman–Crippen MR) is 107 cm³/mol. The van der Waals surface area contributed by atoms with Crippen molar-refractivity contribution in [2.45, 2.75) is 19.8 Å². The highest BCUT2D eigenvalue weighted by molar-refractivity contribution is 5.90. The van der Waals surface area contributed by atoms with E-state index < -0.39 is 0 Å². The molecular formula is C20H23ClN4. The Labute approximate surface area is 154 Å². The number of fused-ring (bicyclic) bond motifs is 1. The maximum Gasteiger partial charge on any atom is 0.141 e. The Hall–Kier alpha value is -2.33. The Kier molecular flexibility index (Phi) is 5.39. The van der Waals surface area contributed by atoms with Crippen molar-refractivity contribution in [3.8, 4) is 0 Å². The van der Waals surface area contributed by atoms with Crippen molar-refractivity contribution in [3.63, 3.8) is 0 Å². The normalized spacial score (nSPS) is 15.0. The number of piperidine rings is 1. The van der Waals surface area contributed by atoms with Crippen molar-refractivity contribution in [2.75, 3.05) is 23.3 Å². The second-order valence-electron chi connectivity index (χ2n) is 6.58. The third kappa shape index (κ3) is 3.85. The SMILES string of the molecule is CC1CCN(c2ccc(Nc3ncnc4ccccc34)cc2)CC1.Cl. The smallest absolute Gasteiger partial charge is 0.141 e. The molecular weight excluding hydrogens is 332 g/mol. The van der Waals surface area contributed by atoms with E-state index in [-0.39, 0.29) is 12.4 Å². The van der Waals surface area contributed by atoms with Gasteiger partial charge in [0.05, 0.1) is 5.52 Å². The number of rotatable bonds is 3. The molecule has 2 heterocycles. The molecule has 4 nitrogen and oxygen atoms in total. The zero-order valence-corrected chi connectivity index (χ0v) is 15.2. The molecule has 2 aromatic carbocycles. The summed E-state index contributed by atoms with van der Waals surface area (Å²) in [6.07, 6.45) is 4.17. The van der Waals surface area contributed by atoms with Gasteiger partial charge in [0, 0.05) is 29.9 Å². The van der Waals surface area contributed by atoms with Crippen molar-refractivity contribution in [3.05, 3.63) is 54.9 Å². The summed E-state index contributed by atoms with van der Waals surface area (Å²) in [4.78, 5) is 11.2. The molecule has 3 aromatic rings. The van der Waals surface area contributed by atoms with E-state index in [4.69, 9.17) is 0 Å². The summed E-state index contributed by atoms with van der Waals surface area (Å²) in [5.74, 6) is 1.70. The minimum Gasteiger partial charge on any atom is -0.372 e. The van der Waals surface area contributed by atoms with Crippen LogP contribution in [0, 0.1) is 5.92 Å². The van der Waals surface area contributed by atoms with Crippen molar-refractivity contribution in [1.82, 2.24) is 9.97 Å². The minimum absolute atomic E-state index is 0. The fraction of sp³-hybridized carbons (Fsp3) is 0.300. The number of hydrogen-bond acceptors (Lipinski definition) is 4. The van der Waals surface area contributed by atoms with Crippen LogP contribution in [0.3, 0.4) is 0 Å². The van der Waals surface area contributed by atoms with E-state index >= 15 is 0 Å². The Bertz CT molecular complexity index is 821. The van der Waals surface area contributed by atoms with Gasteiger partial charge >= 0.3 is 0 Å². The number of aromatic nitrogens is 2. The molecule has 0 unspecified atom stereocenters. The topological polar surface area (TPSA) is 41.0 Å². The summed E-state index contributed by atoms with van der Waals surface area (Å²) in [7, 11) is 0. The molecule has 1 saturated heterocycles. The average molecular weight is 355 g/mol. The first kappa shape index (κ1) is 17.5. The van der Waals surface area contributed by atoms with Gasteiger partial charge in [0.15, 0.2) is 0 Å². The summed E-state index contributed by atoms with van der Waals surface area (Å²) in [6.45, 7) is 4.66. The van der Waals surface area contributed by atoms with Crippen molar-refractivity contribution >= 4 is 40.5 Å². The van der Waals surface area contributed by atoms with Crippen LogP contribution < -0.4 is 10.2 Å². The molecule has 0 radical (unpaired) electrons. The van der Waals surface area contributed by atoms with Gasteiger partial charge in [-0.1, -0.05) is 19.1 Å². The number of nitrogens with zero attached hydrogens (tertiary/aromatic N) is 3. The van der Waals surface area contributed by atoms with Gasteiger partial charge in [-0.05, 0) is 55.2 Å². The lowest BCUT2D eigenvalue weighted by atomic mass is 9.99. The number of para-hydroxylation sites is 1. The van der Waals surface area contributed by atoms with E-state index in [1.807, 2.05) is 24.3 Å². The Morgan fingerprint density at radius 1 is 0.960 bits per heavy atom. The van der Waals surface area contributed by atoms with Gasteiger partial charge in [0.1, 0.15) is 12.1 Å². The predicted octanol–water partition coefficient (Wildman–Crippen LogP) is 5.03. The van der Waals surface area contributed by atoms with Crippen LogP contribution in [0.15, 0.2) is 54.9 Å². The van der Waals surface area contributed by atoms with E-state index in [1.165, 1.54) is 18.5 Å². The quantitative estimate of drug-likeness (QED) is 0.716. The van der Waals surface area contributed by atoms with E-state index in [2.05, 4.69) is 51.4 Å². The molecule has 0 amide bonds. The van der Waals surface area contributed by atoms with Crippen LogP contribution in [0.4, 0.5) is 17.2 Å². The van der Waals surface area contributed by atoms with Crippen LogP contribution in [-0.2, 0) is 0 Å². The molecule has 1 aliphatic rings. The van der Waals surface area contributed by atoms with Crippen LogP contribution in [0.25, 0.3) is 10.9 Å². The van der Waals surface area contributed by atoms with Crippen LogP contribution in [0.5, 0.6) is 0 Å². The molecule has 5 heteroatoms. The molecule has 0 atom stereocenters. The highest BCUT2D eigenvalue weighted by atomic mass is 35.5. The minimum atomic E-state index is 0. The molecule has 4 rings (SSSR count). The molecule has 1 fully saturated rings. The first-order valence-corrected chi connectivity index (χ1v) is 8.61. The van der Waals surface area contributed by atoms with Gasteiger partial charge in [-0.15, -0.1) is 12.4 Å². The van der Waals surface area contributed by atoms with Gasteiger partial charge in [-0.25, -0.2) is 9.97 Å². The zero-order valence-electron chi connectivity index (χ0n) is 14.4. The monoisotopic (exact) mass is 354 g/mol. The van der Waals surface area contributed by atoms with Crippen LogP contribution in [0.2, 0.25) is 0 Å². The first-order chi connectivity index (χ1) is 11.8. The number of halogens is 1. The molecule has 1 N–H and O–H groups in total. The molecule has 0 saturated carbocycles. The van der Waals surface area contributed by atoms with Gasteiger partial charge in [0.2, 0.25) is 0 Å². The molecule has 1 aromatic heterocycles. The third-order valence-electron chi connectivity index (χ3n) is 4.82. The van der Waals surface area contributed by atoms with Crippen molar-refractivity contribution in [1.29, 1.82) is 0 Å². The van der Waals surface area contributed by atoms with E-state index in [9.17, 15) is 0 Å².